The van der Waals surface area contributed by atoms with Gasteiger partial charge in [0.1, 0.15) is 10.6 Å². The van der Waals surface area contributed by atoms with Crippen molar-refractivity contribution in [2.24, 2.45) is 0 Å². The number of likely N-dealkylation sites (N-methyl/N-ethyl adjacent to an activating group) is 1. The van der Waals surface area contributed by atoms with Gasteiger partial charge in [-0.3, -0.25) is 4.79 Å². The molecule has 1 saturated heterocycles. The molecule has 3 aromatic rings. The van der Waals surface area contributed by atoms with Crippen molar-refractivity contribution in [2.75, 3.05) is 45.2 Å². The molecule has 1 fully saturated rings. The highest BCUT2D eigenvalue weighted by Crippen LogP contribution is 2.36. The van der Waals surface area contributed by atoms with E-state index in [1.807, 2.05) is 42.5 Å². The highest BCUT2D eigenvalue weighted by atomic mass is 32.1. The molecule has 0 spiro atoms. The predicted molar refractivity (Wildman–Crippen MR) is 124 cm³/mol. The van der Waals surface area contributed by atoms with Crippen molar-refractivity contribution in [2.45, 2.75) is 6.54 Å². The number of nitrogens with one attached hydrogen (secondary N) is 1. The van der Waals surface area contributed by atoms with Gasteiger partial charge in [-0.1, -0.05) is 48.5 Å². The average Bonchev–Trinajstić information content (AvgIpc) is 3.24. The van der Waals surface area contributed by atoms with Crippen LogP contribution in [0.15, 0.2) is 60.7 Å². The van der Waals surface area contributed by atoms with E-state index in [1.54, 1.807) is 7.11 Å². The number of methoxy groups -OCH3 is 1. The first kappa shape index (κ1) is 20.4. The Bertz CT molecular complexity index is 995. The lowest BCUT2D eigenvalue weighted by Crippen LogP contribution is -2.45. The molecule has 0 unspecified atom stereocenters. The number of nitrogens with zero attached hydrogens (tertiary/aromatic N) is 2. The van der Waals surface area contributed by atoms with Crippen LogP contribution in [0.5, 0.6) is 5.75 Å². The van der Waals surface area contributed by atoms with Gasteiger partial charge in [-0.05, 0) is 30.3 Å². The lowest BCUT2D eigenvalue weighted by Gasteiger charge is -2.35. The van der Waals surface area contributed by atoms with Crippen molar-refractivity contribution < 1.29 is 9.53 Å². The molecule has 0 radical (unpaired) electrons. The predicted octanol–water partition coefficient (Wildman–Crippen LogP) is 4.11. The molecule has 30 heavy (non-hydrogen) atoms. The fourth-order valence-electron chi connectivity index (χ4n) is 3.70. The Labute approximate surface area is 181 Å². The number of benzene rings is 2. The van der Waals surface area contributed by atoms with Gasteiger partial charge in [0.25, 0.3) is 5.91 Å². The van der Waals surface area contributed by atoms with E-state index in [2.05, 4.69) is 40.4 Å². The third kappa shape index (κ3) is 4.50. The Morgan fingerprint density at radius 3 is 2.47 bits per heavy atom. The van der Waals surface area contributed by atoms with E-state index in [0.717, 1.165) is 42.2 Å². The Morgan fingerprint density at radius 2 is 1.73 bits per heavy atom. The second-order valence-electron chi connectivity index (χ2n) is 7.48. The Kier molecular flexibility index (Phi) is 6.35. The van der Waals surface area contributed by atoms with Crippen molar-refractivity contribution >= 4 is 22.9 Å². The van der Waals surface area contributed by atoms with Crippen LogP contribution in [-0.2, 0) is 6.54 Å². The lowest BCUT2D eigenvalue weighted by atomic mass is 10.1. The molecule has 2 heterocycles. The number of amides is 1. The van der Waals surface area contributed by atoms with Gasteiger partial charge < -0.3 is 19.9 Å². The molecule has 1 aromatic heterocycles. The molecule has 0 atom stereocenters. The lowest BCUT2D eigenvalue weighted by molar-refractivity contribution is 0.0952. The molecule has 156 valence electrons. The van der Waals surface area contributed by atoms with Gasteiger partial charge in [-0.2, -0.15) is 0 Å². The van der Waals surface area contributed by atoms with Crippen molar-refractivity contribution in [1.29, 1.82) is 0 Å². The zero-order valence-corrected chi connectivity index (χ0v) is 18.2. The van der Waals surface area contributed by atoms with Crippen LogP contribution in [0.25, 0.3) is 10.4 Å². The minimum absolute atomic E-state index is 0.104. The van der Waals surface area contributed by atoms with Crippen LogP contribution in [0.1, 0.15) is 15.2 Å². The Hall–Kier alpha value is -2.83. The summed E-state index contributed by atoms with van der Waals surface area (Å²) in [6.07, 6.45) is 0. The Balaban J connectivity index is 1.49. The third-order valence-corrected chi connectivity index (χ3v) is 6.62. The van der Waals surface area contributed by atoms with Crippen molar-refractivity contribution in [1.82, 2.24) is 10.2 Å². The number of hydrogen-bond donors (Lipinski definition) is 1. The van der Waals surface area contributed by atoms with Crippen LogP contribution in [0, 0.1) is 0 Å². The van der Waals surface area contributed by atoms with Crippen LogP contribution >= 0.6 is 11.3 Å². The summed E-state index contributed by atoms with van der Waals surface area (Å²) >= 11 is 1.46. The summed E-state index contributed by atoms with van der Waals surface area (Å²) in [5.74, 6) is 0.510. The summed E-state index contributed by atoms with van der Waals surface area (Å²) in [6, 6.07) is 20.3. The van der Waals surface area contributed by atoms with E-state index in [-0.39, 0.29) is 5.91 Å². The second-order valence-corrected chi connectivity index (χ2v) is 8.53. The molecule has 4 rings (SSSR count). The highest BCUT2D eigenvalue weighted by Gasteiger charge is 2.20. The van der Waals surface area contributed by atoms with E-state index in [1.165, 1.54) is 17.0 Å². The second kappa shape index (κ2) is 9.32. The molecule has 5 nitrogen and oxygen atoms in total. The molecule has 0 aliphatic carbocycles. The number of carbonyl (C=O) groups excluding carboxylic acids is 1. The summed E-state index contributed by atoms with van der Waals surface area (Å²) in [5.41, 5.74) is 3.42. The first-order chi connectivity index (χ1) is 14.7. The van der Waals surface area contributed by atoms with Gasteiger partial charge in [0.2, 0.25) is 0 Å². The maximum absolute atomic E-state index is 13.0. The van der Waals surface area contributed by atoms with Crippen molar-refractivity contribution in [3.63, 3.8) is 0 Å². The third-order valence-electron chi connectivity index (χ3n) is 5.46. The molecule has 1 amide bonds. The van der Waals surface area contributed by atoms with Crippen LogP contribution in [-0.4, -0.2) is 51.1 Å². The minimum atomic E-state index is -0.104. The van der Waals surface area contributed by atoms with Crippen molar-refractivity contribution in [3.05, 3.63) is 71.1 Å². The van der Waals surface area contributed by atoms with E-state index in [9.17, 15) is 4.79 Å². The van der Waals surface area contributed by atoms with Gasteiger partial charge in [-0.15, -0.1) is 11.3 Å². The topological polar surface area (TPSA) is 44.8 Å². The number of piperazine rings is 1. The van der Waals surface area contributed by atoms with Gasteiger partial charge in [-0.25, -0.2) is 0 Å². The number of carbonyl (C=O) groups is 1. The number of para-hydroxylation sites is 1. The van der Waals surface area contributed by atoms with E-state index in [4.69, 9.17) is 4.74 Å². The molecular formula is C24H27N3O2S. The van der Waals surface area contributed by atoms with Gasteiger partial charge >= 0.3 is 0 Å². The van der Waals surface area contributed by atoms with Gasteiger partial charge in [0.15, 0.2) is 0 Å². The first-order valence-corrected chi connectivity index (χ1v) is 11.0. The molecule has 6 heteroatoms. The average molecular weight is 422 g/mol. The van der Waals surface area contributed by atoms with E-state index < -0.39 is 0 Å². The molecular weight excluding hydrogens is 394 g/mol. The number of rotatable bonds is 6. The summed E-state index contributed by atoms with van der Waals surface area (Å²) in [6.45, 7) is 4.59. The monoisotopic (exact) mass is 421 g/mol. The summed E-state index contributed by atoms with van der Waals surface area (Å²) < 4.78 is 5.49. The maximum Gasteiger partial charge on any atom is 0.265 e. The molecule has 1 aliphatic rings. The fraction of sp³-hybridized carbons (Fsp3) is 0.292. The first-order valence-electron chi connectivity index (χ1n) is 10.2. The minimum Gasteiger partial charge on any atom is -0.495 e. The normalized spacial score (nSPS) is 14.5. The number of anilines is 1. The molecule has 2 aromatic carbocycles. The van der Waals surface area contributed by atoms with Crippen LogP contribution in [0.2, 0.25) is 0 Å². The van der Waals surface area contributed by atoms with Crippen LogP contribution in [0.3, 0.4) is 0 Å². The van der Waals surface area contributed by atoms with Crippen LogP contribution < -0.4 is 15.0 Å². The van der Waals surface area contributed by atoms with Crippen LogP contribution in [0.4, 0.5) is 5.69 Å². The largest absolute Gasteiger partial charge is 0.495 e. The van der Waals surface area contributed by atoms with Gasteiger partial charge in [0, 0.05) is 43.3 Å². The maximum atomic E-state index is 13.0. The SMILES string of the molecule is COc1cc(-c2ccccc2)sc1C(=O)NCc1ccccc1N1CCN(C)CC1. The Morgan fingerprint density at radius 1 is 1.03 bits per heavy atom. The molecule has 0 bridgehead atoms. The number of hydrogen-bond acceptors (Lipinski definition) is 5. The zero-order chi connectivity index (χ0) is 20.9. The quantitative estimate of drug-likeness (QED) is 0.651. The van der Waals surface area contributed by atoms with Gasteiger partial charge in [0.05, 0.1) is 7.11 Å². The van der Waals surface area contributed by atoms with E-state index >= 15 is 0 Å². The molecule has 1 N–H and O–H groups in total. The van der Waals surface area contributed by atoms with E-state index in [0.29, 0.717) is 17.2 Å². The fourth-order valence-corrected chi connectivity index (χ4v) is 4.75. The highest BCUT2D eigenvalue weighted by molar-refractivity contribution is 7.17. The standard InChI is InChI=1S/C24H27N3O2S/c1-26-12-14-27(15-13-26)20-11-7-6-10-19(20)17-25-24(28)23-21(29-2)16-22(30-23)18-8-4-3-5-9-18/h3-11,16H,12-15,17H2,1-2H3,(H,25,28). The summed E-state index contributed by atoms with van der Waals surface area (Å²) in [5, 5.41) is 3.10. The smallest absolute Gasteiger partial charge is 0.265 e. The van der Waals surface area contributed by atoms with Crippen molar-refractivity contribution in [3.8, 4) is 16.2 Å². The summed E-state index contributed by atoms with van der Waals surface area (Å²) in [7, 11) is 3.76. The molecule has 1 aliphatic heterocycles. The number of thiophene rings is 1. The summed E-state index contributed by atoms with van der Waals surface area (Å²) in [4.78, 5) is 19.3. The zero-order valence-electron chi connectivity index (χ0n) is 17.4. The molecule has 0 saturated carbocycles. The number of ether oxygens (including phenoxy) is 1.